The average molecular weight is 321 g/mol. The van der Waals surface area contributed by atoms with Gasteiger partial charge in [0.1, 0.15) is 0 Å². The highest BCUT2D eigenvalue weighted by Gasteiger charge is 2.11. The van der Waals surface area contributed by atoms with Crippen molar-refractivity contribution in [3.63, 3.8) is 0 Å². The van der Waals surface area contributed by atoms with Crippen LogP contribution in [-0.2, 0) is 20.9 Å². The quantitative estimate of drug-likeness (QED) is 0.645. The van der Waals surface area contributed by atoms with E-state index in [9.17, 15) is 9.59 Å². The van der Waals surface area contributed by atoms with Crippen LogP contribution in [0.5, 0.6) is 0 Å². The van der Waals surface area contributed by atoms with Crippen molar-refractivity contribution in [2.75, 3.05) is 19.0 Å². The summed E-state index contributed by atoms with van der Waals surface area (Å²) in [5.74, 6) is 0.192. The van der Waals surface area contributed by atoms with E-state index in [1.165, 1.54) is 7.11 Å². The van der Waals surface area contributed by atoms with Gasteiger partial charge in [-0.3, -0.25) is 9.59 Å². The summed E-state index contributed by atoms with van der Waals surface area (Å²) in [7, 11) is 1.54. The second kappa shape index (κ2) is 9.97. The van der Waals surface area contributed by atoms with Gasteiger partial charge in [-0.25, -0.2) is 0 Å². The number of hydrogen-bond acceptors (Lipinski definition) is 4. The molecule has 0 aliphatic rings. The Balaban J connectivity index is 2.50. The molecule has 0 aromatic heterocycles. The number of rotatable bonds is 9. The number of ether oxygens (including phenoxy) is 1. The van der Waals surface area contributed by atoms with Gasteiger partial charge in [0, 0.05) is 32.3 Å². The molecule has 0 saturated heterocycles. The summed E-state index contributed by atoms with van der Waals surface area (Å²) in [5, 5.41) is 5.69. The first-order chi connectivity index (χ1) is 10.9. The van der Waals surface area contributed by atoms with Gasteiger partial charge in [0.25, 0.3) is 0 Å². The number of carbonyl (C=O) groups excluding carboxylic acids is 2. The van der Waals surface area contributed by atoms with E-state index in [2.05, 4.69) is 10.6 Å². The number of carbonyl (C=O) groups is 2. The highest BCUT2D eigenvalue weighted by Crippen LogP contribution is 2.12. The monoisotopic (exact) mass is 321 g/mol. The number of amides is 2. The Bertz CT molecular complexity index is 514. The summed E-state index contributed by atoms with van der Waals surface area (Å²) in [6, 6.07) is 7.44. The molecule has 23 heavy (non-hydrogen) atoms. The zero-order chi connectivity index (χ0) is 17.2. The average Bonchev–Trinajstić information content (AvgIpc) is 2.50. The third-order valence-electron chi connectivity index (χ3n) is 3.30. The van der Waals surface area contributed by atoms with Gasteiger partial charge in [0.15, 0.2) is 0 Å². The Kier molecular flexibility index (Phi) is 8.29. The molecule has 1 aromatic rings. The fourth-order valence-corrected chi connectivity index (χ4v) is 2.08. The number of methoxy groups -OCH3 is 1. The minimum atomic E-state index is -0.267. The molecule has 0 saturated carbocycles. The molecule has 128 valence electrons. The van der Waals surface area contributed by atoms with E-state index in [1.807, 2.05) is 38.1 Å². The van der Waals surface area contributed by atoms with Gasteiger partial charge in [0.05, 0.1) is 12.5 Å². The molecule has 0 bridgehead atoms. The van der Waals surface area contributed by atoms with E-state index in [-0.39, 0.29) is 24.3 Å². The molecule has 0 aliphatic heterocycles. The zero-order valence-electron chi connectivity index (χ0n) is 14.1. The van der Waals surface area contributed by atoms with Crippen LogP contribution in [-0.4, -0.2) is 31.6 Å². The van der Waals surface area contributed by atoms with Crippen molar-refractivity contribution in [2.24, 2.45) is 11.7 Å². The normalized spacial score (nSPS) is 12.0. The lowest BCUT2D eigenvalue weighted by atomic mass is 10.1. The molecule has 2 amide bonds. The Hall–Kier alpha value is -1.92. The Morgan fingerprint density at radius 1 is 1.22 bits per heavy atom. The van der Waals surface area contributed by atoms with Crippen LogP contribution in [0.2, 0.25) is 0 Å². The molecule has 1 unspecified atom stereocenters. The van der Waals surface area contributed by atoms with Gasteiger partial charge in [-0.05, 0) is 23.6 Å². The summed E-state index contributed by atoms with van der Waals surface area (Å²) >= 11 is 0. The number of hydrogen-bond donors (Lipinski definition) is 3. The number of anilines is 1. The van der Waals surface area contributed by atoms with Crippen molar-refractivity contribution in [2.45, 2.75) is 39.3 Å². The van der Waals surface area contributed by atoms with Crippen molar-refractivity contribution in [1.29, 1.82) is 0 Å². The summed E-state index contributed by atoms with van der Waals surface area (Å²) in [6.45, 7) is 4.70. The molecular formula is C17H27N3O3. The maximum absolute atomic E-state index is 11.8. The molecule has 0 radical (unpaired) electrons. The van der Waals surface area contributed by atoms with Gasteiger partial charge in [-0.2, -0.15) is 0 Å². The molecular weight excluding hydrogens is 294 g/mol. The van der Waals surface area contributed by atoms with Crippen molar-refractivity contribution in [3.8, 4) is 0 Å². The van der Waals surface area contributed by atoms with Gasteiger partial charge in [-0.15, -0.1) is 0 Å². The molecule has 0 fully saturated rings. The third-order valence-corrected chi connectivity index (χ3v) is 3.30. The van der Waals surface area contributed by atoms with Crippen LogP contribution in [0.4, 0.5) is 5.69 Å². The molecule has 4 N–H and O–H groups in total. The van der Waals surface area contributed by atoms with E-state index >= 15 is 0 Å². The first-order valence-electron chi connectivity index (χ1n) is 7.83. The van der Waals surface area contributed by atoms with E-state index in [0.29, 0.717) is 25.4 Å². The first-order valence-corrected chi connectivity index (χ1v) is 7.83. The summed E-state index contributed by atoms with van der Waals surface area (Å²) in [4.78, 5) is 23.6. The second-order valence-corrected chi connectivity index (χ2v) is 5.92. The van der Waals surface area contributed by atoms with Gasteiger partial charge < -0.3 is 21.1 Å². The summed E-state index contributed by atoms with van der Waals surface area (Å²) in [6.07, 6.45) is 0.452. The minimum Gasteiger partial charge on any atom is -0.380 e. The molecule has 6 heteroatoms. The lowest BCUT2D eigenvalue weighted by Gasteiger charge is -2.13. The van der Waals surface area contributed by atoms with E-state index in [4.69, 9.17) is 10.5 Å². The molecule has 1 aromatic carbocycles. The van der Waals surface area contributed by atoms with Crippen LogP contribution in [0.1, 0.15) is 32.3 Å². The Labute approximate surface area is 137 Å². The van der Waals surface area contributed by atoms with Crippen molar-refractivity contribution < 1.29 is 14.3 Å². The molecule has 1 rings (SSSR count). The zero-order valence-corrected chi connectivity index (χ0v) is 14.1. The van der Waals surface area contributed by atoms with Gasteiger partial charge in [-0.1, -0.05) is 26.0 Å². The summed E-state index contributed by atoms with van der Waals surface area (Å²) < 4.78 is 5.08. The third kappa shape index (κ3) is 7.76. The van der Waals surface area contributed by atoms with Crippen LogP contribution in [0.15, 0.2) is 24.3 Å². The standard InChI is InChI=1S/C17H27N3O3/c1-12(2)7-17(22)20-14-6-4-5-13(8-14)11-19-16(21)9-15(10-18)23-3/h4-6,8,12,15H,7,9-11,18H2,1-3H3,(H,19,21)(H,20,22). The fourth-order valence-electron chi connectivity index (χ4n) is 2.08. The molecule has 0 heterocycles. The second-order valence-electron chi connectivity index (χ2n) is 5.92. The van der Waals surface area contributed by atoms with Crippen molar-refractivity contribution >= 4 is 17.5 Å². The maximum Gasteiger partial charge on any atom is 0.224 e. The van der Waals surface area contributed by atoms with E-state index in [1.54, 1.807) is 0 Å². The number of benzene rings is 1. The first kappa shape index (κ1) is 19.1. The SMILES string of the molecule is COC(CN)CC(=O)NCc1cccc(NC(=O)CC(C)C)c1. The minimum absolute atomic E-state index is 0.00734. The van der Waals surface area contributed by atoms with E-state index < -0.39 is 0 Å². The predicted molar refractivity (Wildman–Crippen MR) is 90.8 cm³/mol. The van der Waals surface area contributed by atoms with Crippen LogP contribution in [0.3, 0.4) is 0 Å². The smallest absolute Gasteiger partial charge is 0.224 e. The Morgan fingerprint density at radius 3 is 2.57 bits per heavy atom. The van der Waals surface area contributed by atoms with Crippen LogP contribution in [0.25, 0.3) is 0 Å². The maximum atomic E-state index is 11.8. The number of nitrogens with one attached hydrogen (secondary N) is 2. The van der Waals surface area contributed by atoms with Gasteiger partial charge in [0.2, 0.25) is 11.8 Å². The summed E-state index contributed by atoms with van der Waals surface area (Å²) in [5.41, 5.74) is 7.15. The molecule has 1 atom stereocenters. The lowest BCUT2D eigenvalue weighted by molar-refractivity contribution is -0.123. The van der Waals surface area contributed by atoms with Crippen LogP contribution in [0, 0.1) is 5.92 Å². The molecule has 0 aliphatic carbocycles. The van der Waals surface area contributed by atoms with E-state index in [0.717, 1.165) is 11.3 Å². The Morgan fingerprint density at radius 2 is 1.96 bits per heavy atom. The fraction of sp³-hybridized carbons (Fsp3) is 0.529. The lowest BCUT2D eigenvalue weighted by Crippen LogP contribution is -2.31. The van der Waals surface area contributed by atoms with Crippen LogP contribution < -0.4 is 16.4 Å². The highest BCUT2D eigenvalue weighted by molar-refractivity contribution is 5.90. The van der Waals surface area contributed by atoms with Gasteiger partial charge >= 0.3 is 0 Å². The predicted octanol–water partition coefficient (Wildman–Crippen LogP) is 1.65. The van der Waals surface area contributed by atoms with Crippen LogP contribution >= 0.6 is 0 Å². The van der Waals surface area contributed by atoms with Crippen molar-refractivity contribution in [1.82, 2.24) is 5.32 Å². The molecule has 0 spiro atoms. The van der Waals surface area contributed by atoms with Crippen molar-refractivity contribution in [3.05, 3.63) is 29.8 Å². The number of nitrogens with two attached hydrogens (primary N) is 1. The highest BCUT2D eigenvalue weighted by atomic mass is 16.5. The largest absolute Gasteiger partial charge is 0.380 e. The topological polar surface area (TPSA) is 93.4 Å². The molecule has 6 nitrogen and oxygen atoms in total.